The second kappa shape index (κ2) is 3.71. The predicted molar refractivity (Wildman–Crippen MR) is 59.0 cm³/mol. The van der Waals surface area contributed by atoms with E-state index in [0.717, 1.165) is 37.4 Å². The number of nitrogens with two attached hydrogens (primary N) is 1. The first-order valence-corrected chi connectivity index (χ1v) is 5.41. The lowest BCUT2D eigenvalue weighted by Crippen LogP contribution is -2.40. The highest BCUT2D eigenvalue weighted by atomic mass is 16.5. The maximum atomic E-state index is 5.86. The molecular formula is C10H13N5O. The molecule has 1 aliphatic heterocycles. The third-order valence-corrected chi connectivity index (χ3v) is 2.92. The van der Waals surface area contributed by atoms with Gasteiger partial charge in [0.15, 0.2) is 0 Å². The Morgan fingerprint density at radius 2 is 2.12 bits per heavy atom. The SMILES string of the molecule is NC1CCN(c2ncc3oncc3n2)CC1. The number of piperidine rings is 1. The average molecular weight is 219 g/mol. The Labute approximate surface area is 92.4 Å². The molecule has 1 aliphatic rings. The summed E-state index contributed by atoms with van der Waals surface area (Å²) in [5, 5.41) is 3.68. The summed E-state index contributed by atoms with van der Waals surface area (Å²) in [6.45, 7) is 1.83. The number of aromatic nitrogens is 3. The molecule has 1 saturated heterocycles. The van der Waals surface area contributed by atoms with Gasteiger partial charge < -0.3 is 15.2 Å². The molecule has 0 unspecified atom stereocenters. The van der Waals surface area contributed by atoms with E-state index in [1.807, 2.05) is 0 Å². The van der Waals surface area contributed by atoms with Crippen LogP contribution in [0.3, 0.4) is 0 Å². The summed E-state index contributed by atoms with van der Waals surface area (Å²) in [5.41, 5.74) is 7.23. The van der Waals surface area contributed by atoms with E-state index < -0.39 is 0 Å². The van der Waals surface area contributed by atoms with Crippen LogP contribution >= 0.6 is 0 Å². The lowest BCUT2D eigenvalue weighted by molar-refractivity contribution is 0.455. The van der Waals surface area contributed by atoms with Crippen LogP contribution in [0.4, 0.5) is 5.95 Å². The van der Waals surface area contributed by atoms with Crippen LogP contribution in [-0.4, -0.2) is 34.3 Å². The largest absolute Gasteiger partial charge is 0.353 e. The Morgan fingerprint density at radius 1 is 1.31 bits per heavy atom. The van der Waals surface area contributed by atoms with Crippen molar-refractivity contribution >= 4 is 17.0 Å². The number of nitrogens with zero attached hydrogens (tertiary/aromatic N) is 4. The first-order chi connectivity index (χ1) is 7.83. The lowest BCUT2D eigenvalue weighted by atomic mass is 10.1. The fraction of sp³-hybridized carbons (Fsp3) is 0.500. The Morgan fingerprint density at radius 3 is 2.94 bits per heavy atom. The summed E-state index contributed by atoms with van der Waals surface area (Å²) in [7, 11) is 0. The van der Waals surface area contributed by atoms with Crippen molar-refractivity contribution in [3.05, 3.63) is 12.4 Å². The number of hydrogen-bond donors (Lipinski definition) is 1. The smallest absolute Gasteiger partial charge is 0.226 e. The molecule has 3 heterocycles. The fourth-order valence-corrected chi connectivity index (χ4v) is 1.92. The molecule has 2 aromatic rings. The van der Waals surface area contributed by atoms with Crippen molar-refractivity contribution in [3.63, 3.8) is 0 Å². The van der Waals surface area contributed by atoms with E-state index in [2.05, 4.69) is 20.0 Å². The highest BCUT2D eigenvalue weighted by Crippen LogP contribution is 2.17. The average Bonchev–Trinajstić information content (AvgIpc) is 2.77. The fourth-order valence-electron chi connectivity index (χ4n) is 1.92. The van der Waals surface area contributed by atoms with Crippen LogP contribution in [0, 0.1) is 0 Å². The van der Waals surface area contributed by atoms with Crippen molar-refractivity contribution in [2.75, 3.05) is 18.0 Å². The molecule has 6 heteroatoms. The Hall–Kier alpha value is -1.69. The second-order valence-electron chi connectivity index (χ2n) is 4.07. The molecule has 84 valence electrons. The standard InChI is InChI=1S/C10H13N5O/c11-7-1-3-15(4-2-7)10-12-6-9-8(14-10)5-13-16-9/h5-7H,1-4,11H2. The summed E-state index contributed by atoms with van der Waals surface area (Å²) in [5.74, 6) is 0.739. The highest BCUT2D eigenvalue weighted by Gasteiger charge is 2.18. The zero-order chi connectivity index (χ0) is 11.0. The van der Waals surface area contributed by atoms with E-state index in [1.54, 1.807) is 12.4 Å². The monoisotopic (exact) mass is 219 g/mol. The summed E-state index contributed by atoms with van der Waals surface area (Å²) in [6.07, 6.45) is 5.26. The quantitative estimate of drug-likeness (QED) is 0.754. The Balaban J connectivity index is 1.87. The van der Waals surface area contributed by atoms with E-state index >= 15 is 0 Å². The number of hydrogen-bond acceptors (Lipinski definition) is 6. The molecule has 1 fully saturated rings. The van der Waals surface area contributed by atoms with Crippen molar-refractivity contribution in [1.29, 1.82) is 0 Å². The molecule has 0 bridgehead atoms. The van der Waals surface area contributed by atoms with Crippen LogP contribution in [0.25, 0.3) is 11.1 Å². The van der Waals surface area contributed by atoms with E-state index in [1.165, 1.54) is 0 Å². The molecule has 0 spiro atoms. The molecule has 0 aliphatic carbocycles. The van der Waals surface area contributed by atoms with Gasteiger partial charge in [-0.25, -0.2) is 9.97 Å². The summed E-state index contributed by atoms with van der Waals surface area (Å²) < 4.78 is 4.96. The van der Waals surface area contributed by atoms with Crippen LogP contribution < -0.4 is 10.6 Å². The number of fused-ring (bicyclic) bond motifs is 1. The van der Waals surface area contributed by atoms with Gasteiger partial charge in [0.1, 0.15) is 5.52 Å². The van der Waals surface area contributed by atoms with Crippen LogP contribution in [0.1, 0.15) is 12.8 Å². The van der Waals surface area contributed by atoms with Crippen molar-refractivity contribution in [3.8, 4) is 0 Å². The van der Waals surface area contributed by atoms with E-state index in [4.69, 9.17) is 10.3 Å². The minimum absolute atomic E-state index is 0.315. The molecule has 3 rings (SSSR count). The van der Waals surface area contributed by atoms with Gasteiger partial charge in [-0.2, -0.15) is 0 Å². The molecule has 16 heavy (non-hydrogen) atoms. The summed E-state index contributed by atoms with van der Waals surface area (Å²) >= 11 is 0. The summed E-state index contributed by atoms with van der Waals surface area (Å²) in [4.78, 5) is 10.8. The molecule has 0 saturated carbocycles. The van der Waals surface area contributed by atoms with Gasteiger partial charge in [0, 0.05) is 19.1 Å². The number of rotatable bonds is 1. The van der Waals surface area contributed by atoms with Crippen LogP contribution in [0.5, 0.6) is 0 Å². The summed E-state index contributed by atoms with van der Waals surface area (Å²) in [6, 6.07) is 0.315. The molecule has 2 N–H and O–H groups in total. The minimum atomic E-state index is 0.315. The van der Waals surface area contributed by atoms with E-state index in [0.29, 0.717) is 11.6 Å². The van der Waals surface area contributed by atoms with Gasteiger partial charge in [0.2, 0.25) is 11.5 Å². The first kappa shape index (κ1) is 9.53. The minimum Gasteiger partial charge on any atom is -0.353 e. The van der Waals surface area contributed by atoms with Crippen LogP contribution in [0.15, 0.2) is 16.9 Å². The van der Waals surface area contributed by atoms with Crippen LogP contribution in [0.2, 0.25) is 0 Å². The topological polar surface area (TPSA) is 81.1 Å². The first-order valence-electron chi connectivity index (χ1n) is 5.41. The van der Waals surface area contributed by atoms with Crippen LogP contribution in [-0.2, 0) is 0 Å². The maximum absolute atomic E-state index is 5.86. The molecule has 6 nitrogen and oxygen atoms in total. The lowest BCUT2D eigenvalue weighted by Gasteiger charge is -2.29. The van der Waals surface area contributed by atoms with Gasteiger partial charge in [-0.15, -0.1) is 0 Å². The molecule has 0 aromatic carbocycles. The van der Waals surface area contributed by atoms with Gasteiger partial charge >= 0.3 is 0 Å². The Kier molecular flexibility index (Phi) is 2.21. The van der Waals surface area contributed by atoms with Gasteiger partial charge in [-0.3, -0.25) is 0 Å². The second-order valence-corrected chi connectivity index (χ2v) is 4.07. The zero-order valence-corrected chi connectivity index (χ0v) is 8.83. The maximum Gasteiger partial charge on any atom is 0.226 e. The van der Waals surface area contributed by atoms with E-state index in [9.17, 15) is 0 Å². The normalized spacial score (nSPS) is 18.2. The van der Waals surface area contributed by atoms with Crippen molar-refractivity contribution < 1.29 is 4.52 Å². The van der Waals surface area contributed by atoms with Crippen molar-refractivity contribution in [2.45, 2.75) is 18.9 Å². The van der Waals surface area contributed by atoms with Gasteiger partial charge in [-0.05, 0) is 12.8 Å². The molecular weight excluding hydrogens is 206 g/mol. The molecule has 2 aromatic heterocycles. The third kappa shape index (κ3) is 1.61. The van der Waals surface area contributed by atoms with Crippen molar-refractivity contribution in [2.24, 2.45) is 5.73 Å². The van der Waals surface area contributed by atoms with Gasteiger partial charge in [0.25, 0.3) is 0 Å². The number of anilines is 1. The molecule has 0 radical (unpaired) electrons. The third-order valence-electron chi connectivity index (χ3n) is 2.92. The van der Waals surface area contributed by atoms with Gasteiger partial charge in [-0.1, -0.05) is 5.16 Å². The van der Waals surface area contributed by atoms with Crippen molar-refractivity contribution in [1.82, 2.24) is 15.1 Å². The van der Waals surface area contributed by atoms with Gasteiger partial charge in [0.05, 0.1) is 12.4 Å². The predicted octanol–water partition coefficient (Wildman–Crippen LogP) is 0.545. The van der Waals surface area contributed by atoms with E-state index in [-0.39, 0.29) is 0 Å². The molecule has 0 atom stereocenters. The highest BCUT2D eigenvalue weighted by molar-refractivity contribution is 5.71. The Bertz CT molecular complexity index is 489. The zero-order valence-electron chi connectivity index (χ0n) is 8.83. The molecule has 0 amide bonds.